The summed E-state index contributed by atoms with van der Waals surface area (Å²) in [6, 6.07) is 8.85. The third kappa shape index (κ3) is 3.34. The van der Waals surface area contributed by atoms with Gasteiger partial charge in [-0.1, -0.05) is 0 Å². The number of hydrogen-bond acceptors (Lipinski definition) is 6. The SMILES string of the molecule is COc1ccc([N+](=O)[O-])cc1CS(=O)(=O)c1ccc(O)cc1. The summed E-state index contributed by atoms with van der Waals surface area (Å²) in [5.74, 6) is -0.234. The van der Waals surface area contributed by atoms with Crippen LogP contribution in [0.4, 0.5) is 5.69 Å². The minimum Gasteiger partial charge on any atom is -0.508 e. The summed E-state index contributed by atoms with van der Waals surface area (Å²) >= 11 is 0. The van der Waals surface area contributed by atoms with Crippen molar-refractivity contribution in [2.24, 2.45) is 0 Å². The van der Waals surface area contributed by atoms with Crippen molar-refractivity contribution < 1.29 is 23.2 Å². The van der Waals surface area contributed by atoms with Crippen LogP contribution in [-0.4, -0.2) is 25.6 Å². The van der Waals surface area contributed by atoms with Gasteiger partial charge < -0.3 is 9.84 Å². The highest BCUT2D eigenvalue weighted by molar-refractivity contribution is 7.90. The van der Waals surface area contributed by atoms with Gasteiger partial charge in [0.2, 0.25) is 0 Å². The zero-order valence-corrected chi connectivity index (χ0v) is 12.4. The molecule has 0 unspecified atom stereocenters. The van der Waals surface area contributed by atoms with Gasteiger partial charge in [-0.15, -0.1) is 0 Å². The number of rotatable bonds is 5. The average molecular weight is 323 g/mol. The van der Waals surface area contributed by atoms with Gasteiger partial charge in [-0.05, 0) is 30.3 Å². The van der Waals surface area contributed by atoms with E-state index < -0.39 is 20.5 Å². The number of aromatic hydroxyl groups is 1. The van der Waals surface area contributed by atoms with Crippen LogP contribution in [0.3, 0.4) is 0 Å². The van der Waals surface area contributed by atoms with Crippen LogP contribution in [0.2, 0.25) is 0 Å². The second-order valence-electron chi connectivity index (χ2n) is 4.51. The maximum Gasteiger partial charge on any atom is 0.270 e. The van der Waals surface area contributed by atoms with Crippen LogP contribution in [-0.2, 0) is 15.6 Å². The second kappa shape index (κ2) is 6.02. The molecular weight excluding hydrogens is 310 g/mol. The first-order valence-electron chi connectivity index (χ1n) is 6.16. The Morgan fingerprint density at radius 1 is 1.18 bits per heavy atom. The van der Waals surface area contributed by atoms with Crippen molar-refractivity contribution in [3.63, 3.8) is 0 Å². The Morgan fingerprint density at radius 3 is 2.36 bits per heavy atom. The quantitative estimate of drug-likeness (QED) is 0.668. The fourth-order valence-electron chi connectivity index (χ4n) is 1.93. The molecule has 116 valence electrons. The van der Waals surface area contributed by atoms with E-state index >= 15 is 0 Å². The van der Waals surface area contributed by atoms with Crippen LogP contribution in [0.1, 0.15) is 5.56 Å². The molecule has 0 fully saturated rings. The maximum atomic E-state index is 12.4. The normalized spacial score (nSPS) is 11.1. The zero-order chi connectivity index (χ0) is 16.3. The molecule has 0 aliphatic rings. The van der Waals surface area contributed by atoms with E-state index in [1.54, 1.807) is 0 Å². The van der Waals surface area contributed by atoms with Gasteiger partial charge in [-0.3, -0.25) is 10.1 Å². The molecule has 0 saturated heterocycles. The van der Waals surface area contributed by atoms with Crippen LogP contribution in [0.25, 0.3) is 0 Å². The maximum absolute atomic E-state index is 12.4. The molecule has 22 heavy (non-hydrogen) atoms. The van der Waals surface area contributed by atoms with Crippen molar-refractivity contribution >= 4 is 15.5 Å². The minimum atomic E-state index is -3.72. The van der Waals surface area contributed by atoms with Crippen molar-refractivity contribution in [3.8, 4) is 11.5 Å². The molecule has 0 amide bonds. The third-order valence-electron chi connectivity index (χ3n) is 3.02. The number of nitro benzene ring substituents is 1. The van der Waals surface area contributed by atoms with Crippen molar-refractivity contribution in [1.82, 2.24) is 0 Å². The summed E-state index contributed by atoms with van der Waals surface area (Å²) in [5.41, 5.74) is -0.0125. The van der Waals surface area contributed by atoms with E-state index in [1.807, 2.05) is 0 Å². The molecule has 2 aromatic rings. The minimum absolute atomic E-state index is 0.0128. The Morgan fingerprint density at radius 2 is 1.82 bits per heavy atom. The van der Waals surface area contributed by atoms with Crippen molar-refractivity contribution in [2.75, 3.05) is 7.11 Å². The highest BCUT2D eigenvalue weighted by Gasteiger charge is 2.20. The fourth-order valence-corrected chi connectivity index (χ4v) is 3.29. The van der Waals surface area contributed by atoms with Gasteiger partial charge in [-0.2, -0.15) is 0 Å². The summed E-state index contributed by atoms with van der Waals surface area (Å²) in [6.07, 6.45) is 0. The Labute approximate surface area is 126 Å². The van der Waals surface area contributed by atoms with Crippen LogP contribution in [0, 0.1) is 10.1 Å². The van der Waals surface area contributed by atoms with E-state index in [4.69, 9.17) is 4.74 Å². The van der Waals surface area contributed by atoms with Crippen LogP contribution in [0.5, 0.6) is 11.5 Å². The van der Waals surface area contributed by atoms with Gasteiger partial charge in [0.25, 0.3) is 5.69 Å². The number of hydrogen-bond donors (Lipinski definition) is 1. The molecule has 0 bridgehead atoms. The Hall–Kier alpha value is -2.61. The molecule has 0 atom stereocenters. The summed E-state index contributed by atoms with van der Waals surface area (Å²) in [5, 5.41) is 20.0. The van der Waals surface area contributed by atoms with E-state index in [0.29, 0.717) is 0 Å². The number of nitro groups is 1. The number of phenolic OH excluding ortho intramolecular Hbond substituents is 1. The molecule has 0 spiro atoms. The van der Waals surface area contributed by atoms with E-state index in [1.165, 1.54) is 49.6 Å². The van der Waals surface area contributed by atoms with Crippen molar-refractivity contribution in [1.29, 1.82) is 0 Å². The summed E-state index contributed by atoms with van der Waals surface area (Å²) in [4.78, 5) is 10.2. The lowest BCUT2D eigenvalue weighted by Crippen LogP contribution is -2.06. The molecule has 7 nitrogen and oxygen atoms in total. The molecule has 0 aliphatic carbocycles. The topological polar surface area (TPSA) is 107 Å². The van der Waals surface area contributed by atoms with Gasteiger partial charge in [0.05, 0.1) is 22.7 Å². The number of nitrogens with zero attached hydrogens (tertiary/aromatic N) is 1. The Balaban J connectivity index is 2.42. The van der Waals surface area contributed by atoms with E-state index in [0.717, 1.165) is 0 Å². The standard InChI is InChI=1S/C14H13NO6S/c1-21-14-7-2-11(15(17)18)8-10(14)9-22(19,20)13-5-3-12(16)4-6-13/h2-8,16H,9H2,1H3. The first-order valence-corrected chi connectivity index (χ1v) is 7.82. The fraction of sp³-hybridized carbons (Fsp3) is 0.143. The van der Waals surface area contributed by atoms with Crippen LogP contribution >= 0.6 is 0 Å². The molecule has 2 rings (SSSR count). The van der Waals surface area contributed by atoms with E-state index in [9.17, 15) is 23.6 Å². The number of phenols is 1. The number of non-ortho nitro benzene ring substituents is 1. The molecule has 8 heteroatoms. The lowest BCUT2D eigenvalue weighted by atomic mass is 10.2. The monoisotopic (exact) mass is 323 g/mol. The number of methoxy groups -OCH3 is 1. The lowest BCUT2D eigenvalue weighted by Gasteiger charge is -2.09. The predicted molar refractivity (Wildman–Crippen MR) is 78.6 cm³/mol. The first-order chi connectivity index (χ1) is 10.3. The van der Waals surface area contributed by atoms with Gasteiger partial charge in [0.1, 0.15) is 11.5 Å². The Bertz CT molecular complexity index is 799. The van der Waals surface area contributed by atoms with Gasteiger partial charge in [-0.25, -0.2) is 8.42 Å². The smallest absolute Gasteiger partial charge is 0.270 e. The lowest BCUT2D eigenvalue weighted by molar-refractivity contribution is -0.384. The summed E-state index contributed by atoms with van der Waals surface area (Å²) in [6.45, 7) is 0. The summed E-state index contributed by atoms with van der Waals surface area (Å²) in [7, 11) is -2.36. The largest absolute Gasteiger partial charge is 0.508 e. The first kappa shape index (κ1) is 15.8. The third-order valence-corrected chi connectivity index (χ3v) is 4.70. The van der Waals surface area contributed by atoms with E-state index in [-0.39, 0.29) is 27.6 Å². The molecule has 0 aromatic heterocycles. The van der Waals surface area contributed by atoms with Crippen LogP contribution < -0.4 is 4.74 Å². The highest BCUT2D eigenvalue weighted by atomic mass is 32.2. The summed E-state index contributed by atoms with van der Waals surface area (Å²) < 4.78 is 29.8. The average Bonchev–Trinajstić information content (AvgIpc) is 2.47. The van der Waals surface area contributed by atoms with Crippen LogP contribution in [0.15, 0.2) is 47.4 Å². The molecular formula is C14H13NO6S. The predicted octanol–water partition coefficient (Wildman–Crippen LogP) is 2.28. The molecule has 0 aliphatic heterocycles. The number of ether oxygens (including phenoxy) is 1. The highest BCUT2D eigenvalue weighted by Crippen LogP contribution is 2.28. The molecule has 0 saturated carbocycles. The zero-order valence-electron chi connectivity index (χ0n) is 11.6. The second-order valence-corrected chi connectivity index (χ2v) is 6.50. The number of sulfone groups is 1. The van der Waals surface area contributed by atoms with Gasteiger partial charge in [0, 0.05) is 17.7 Å². The van der Waals surface area contributed by atoms with Gasteiger partial charge in [0.15, 0.2) is 9.84 Å². The van der Waals surface area contributed by atoms with Crippen molar-refractivity contribution in [2.45, 2.75) is 10.6 Å². The van der Waals surface area contributed by atoms with E-state index in [2.05, 4.69) is 0 Å². The van der Waals surface area contributed by atoms with Gasteiger partial charge >= 0.3 is 0 Å². The Kier molecular flexibility index (Phi) is 4.32. The molecule has 1 N–H and O–H groups in total. The number of benzene rings is 2. The van der Waals surface area contributed by atoms with Crippen molar-refractivity contribution in [3.05, 3.63) is 58.1 Å². The molecule has 2 aromatic carbocycles. The molecule has 0 radical (unpaired) electrons. The molecule has 0 heterocycles.